The fourth-order valence-corrected chi connectivity index (χ4v) is 3.87. The van der Waals surface area contributed by atoms with Gasteiger partial charge < -0.3 is 9.30 Å². The van der Waals surface area contributed by atoms with E-state index in [9.17, 15) is 0 Å². The molecule has 0 radical (unpaired) electrons. The molecule has 1 aliphatic heterocycles. The number of aromatic nitrogens is 3. The summed E-state index contributed by atoms with van der Waals surface area (Å²) in [6.45, 7) is 1.61. The molecule has 26 heavy (non-hydrogen) atoms. The van der Waals surface area contributed by atoms with Gasteiger partial charge in [0.1, 0.15) is 11.1 Å². The highest BCUT2D eigenvalue weighted by molar-refractivity contribution is 7.99. The predicted octanol–water partition coefficient (Wildman–Crippen LogP) is 4.15. The molecule has 0 unspecified atom stereocenters. The largest absolute Gasteiger partial charge is 0.376 e. The summed E-state index contributed by atoms with van der Waals surface area (Å²) in [4.78, 5) is 8.99. The van der Waals surface area contributed by atoms with Gasteiger partial charge in [0.25, 0.3) is 0 Å². The van der Waals surface area contributed by atoms with Gasteiger partial charge in [-0.15, -0.1) is 0 Å². The molecule has 3 aromatic rings. The number of nitrogens with zero attached hydrogens (tertiary/aromatic N) is 4. The van der Waals surface area contributed by atoms with Crippen molar-refractivity contribution in [1.82, 2.24) is 14.5 Å². The van der Waals surface area contributed by atoms with Crippen LogP contribution < -0.4 is 0 Å². The maximum absolute atomic E-state index is 8.92. The second-order valence-electron chi connectivity index (χ2n) is 6.14. The van der Waals surface area contributed by atoms with Gasteiger partial charge >= 0.3 is 0 Å². The average Bonchev–Trinajstić information content (AvgIpc) is 3.34. The number of pyridine rings is 1. The van der Waals surface area contributed by atoms with Crippen LogP contribution in [0.4, 0.5) is 0 Å². The van der Waals surface area contributed by atoms with Gasteiger partial charge in [0, 0.05) is 12.8 Å². The van der Waals surface area contributed by atoms with E-state index in [4.69, 9.17) is 10.00 Å². The molecule has 0 amide bonds. The molecular formula is C20H18N4OS. The Morgan fingerprint density at radius 3 is 2.73 bits per heavy atom. The average molecular weight is 362 g/mol. The first-order valence-electron chi connectivity index (χ1n) is 8.60. The molecule has 1 aliphatic rings. The molecule has 1 saturated heterocycles. The number of ether oxygens (including phenoxy) is 1. The monoisotopic (exact) mass is 362 g/mol. The number of hydrogen-bond donors (Lipinski definition) is 0. The lowest BCUT2D eigenvalue weighted by molar-refractivity contribution is 0.0954. The summed E-state index contributed by atoms with van der Waals surface area (Å²) < 4.78 is 8.06. The van der Waals surface area contributed by atoms with Crippen molar-refractivity contribution in [2.24, 2.45) is 0 Å². The summed E-state index contributed by atoms with van der Waals surface area (Å²) in [5.74, 6) is 0. The third-order valence-corrected chi connectivity index (χ3v) is 5.32. The zero-order valence-electron chi connectivity index (χ0n) is 14.2. The van der Waals surface area contributed by atoms with Crippen LogP contribution in [0, 0.1) is 11.3 Å². The van der Waals surface area contributed by atoms with Gasteiger partial charge in [-0.1, -0.05) is 30.3 Å². The Bertz CT molecular complexity index is 909. The van der Waals surface area contributed by atoms with Crippen LogP contribution in [0.5, 0.6) is 0 Å². The van der Waals surface area contributed by atoms with E-state index in [0.29, 0.717) is 5.56 Å². The first-order chi connectivity index (χ1) is 12.8. The van der Waals surface area contributed by atoms with Gasteiger partial charge in [0.05, 0.1) is 30.1 Å². The Labute approximate surface area is 156 Å². The zero-order valence-corrected chi connectivity index (χ0v) is 15.0. The summed E-state index contributed by atoms with van der Waals surface area (Å²) in [5, 5.41) is 10.6. The van der Waals surface area contributed by atoms with Crippen molar-refractivity contribution in [1.29, 1.82) is 5.26 Å². The molecule has 2 aromatic heterocycles. The summed E-state index contributed by atoms with van der Waals surface area (Å²) in [7, 11) is 0. The van der Waals surface area contributed by atoms with Gasteiger partial charge in [-0.2, -0.15) is 5.26 Å². The summed E-state index contributed by atoms with van der Waals surface area (Å²) >= 11 is 1.51. The van der Waals surface area contributed by atoms with E-state index in [1.54, 1.807) is 12.3 Å². The summed E-state index contributed by atoms with van der Waals surface area (Å²) in [6, 6.07) is 16.0. The Balaban J connectivity index is 1.66. The lowest BCUT2D eigenvalue weighted by Crippen LogP contribution is -2.16. The molecule has 0 spiro atoms. The molecule has 3 heterocycles. The van der Waals surface area contributed by atoms with E-state index in [0.717, 1.165) is 47.4 Å². The molecule has 0 aliphatic carbocycles. The molecular weight excluding hydrogens is 344 g/mol. The van der Waals surface area contributed by atoms with E-state index < -0.39 is 0 Å². The maximum Gasteiger partial charge on any atom is 0.174 e. The number of nitriles is 1. The quantitative estimate of drug-likeness (QED) is 0.682. The number of imidazole rings is 1. The van der Waals surface area contributed by atoms with E-state index in [-0.39, 0.29) is 6.10 Å². The molecule has 1 aromatic carbocycles. The fourth-order valence-electron chi connectivity index (χ4n) is 3.05. The van der Waals surface area contributed by atoms with Gasteiger partial charge in [-0.25, -0.2) is 9.97 Å². The van der Waals surface area contributed by atoms with E-state index >= 15 is 0 Å². The number of benzene rings is 1. The van der Waals surface area contributed by atoms with Crippen LogP contribution in [0.3, 0.4) is 0 Å². The SMILES string of the molecule is N#Cc1ccc(Sc2ncc(-c3ccccc3)n2C[C@@H]2CCCO2)nc1. The Morgan fingerprint density at radius 2 is 2.04 bits per heavy atom. The van der Waals surface area contributed by atoms with Crippen molar-refractivity contribution in [3.8, 4) is 17.3 Å². The predicted molar refractivity (Wildman–Crippen MR) is 99.7 cm³/mol. The van der Waals surface area contributed by atoms with E-state index in [1.165, 1.54) is 11.8 Å². The first kappa shape index (κ1) is 16.8. The molecule has 5 nitrogen and oxygen atoms in total. The Hall–Kier alpha value is -2.62. The second-order valence-corrected chi connectivity index (χ2v) is 7.12. The summed E-state index contributed by atoms with van der Waals surface area (Å²) in [5.41, 5.74) is 2.77. The van der Waals surface area contributed by atoms with Crippen molar-refractivity contribution < 1.29 is 4.74 Å². The van der Waals surface area contributed by atoms with Crippen LogP contribution in [0.25, 0.3) is 11.3 Å². The Morgan fingerprint density at radius 1 is 1.15 bits per heavy atom. The standard InChI is InChI=1S/C20H18N4OS/c21-11-15-8-9-19(22-12-15)26-20-23-13-18(16-5-2-1-3-6-16)24(20)14-17-7-4-10-25-17/h1-3,5-6,8-9,12-13,17H,4,7,10,14H2/t17-/m0/s1. The molecule has 6 heteroatoms. The zero-order chi connectivity index (χ0) is 17.8. The van der Waals surface area contributed by atoms with E-state index in [2.05, 4.69) is 32.7 Å². The van der Waals surface area contributed by atoms with Crippen LogP contribution in [0.1, 0.15) is 18.4 Å². The highest BCUT2D eigenvalue weighted by Crippen LogP contribution is 2.31. The normalized spacial score (nSPS) is 16.5. The lowest BCUT2D eigenvalue weighted by Gasteiger charge is -2.16. The molecule has 0 N–H and O–H groups in total. The molecule has 1 fully saturated rings. The minimum atomic E-state index is 0.222. The maximum atomic E-state index is 8.92. The van der Waals surface area contributed by atoms with Crippen LogP contribution >= 0.6 is 11.8 Å². The van der Waals surface area contributed by atoms with E-state index in [1.807, 2.05) is 30.5 Å². The molecule has 0 saturated carbocycles. The van der Waals surface area contributed by atoms with Crippen molar-refractivity contribution in [2.75, 3.05) is 6.61 Å². The molecule has 130 valence electrons. The minimum absolute atomic E-state index is 0.222. The topological polar surface area (TPSA) is 63.7 Å². The fraction of sp³-hybridized carbons (Fsp3) is 0.250. The van der Waals surface area contributed by atoms with Crippen LogP contribution in [-0.4, -0.2) is 27.2 Å². The third kappa shape index (κ3) is 3.64. The molecule has 1 atom stereocenters. The number of rotatable bonds is 5. The smallest absolute Gasteiger partial charge is 0.174 e. The summed E-state index contributed by atoms with van der Waals surface area (Å²) in [6.07, 6.45) is 5.91. The van der Waals surface area contributed by atoms with Gasteiger partial charge in [0.2, 0.25) is 0 Å². The first-order valence-corrected chi connectivity index (χ1v) is 9.41. The van der Waals surface area contributed by atoms with Crippen molar-refractivity contribution in [3.05, 3.63) is 60.4 Å². The third-order valence-electron chi connectivity index (χ3n) is 4.36. The Kier molecular flexibility index (Phi) is 5.00. The van der Waals surface area contributed by atoms with Crippen molar-refractivity contribution in [2.45, 2.75) is 35.7 Å². The second kappa shape index (κ2) is 7.73. The van der Waals surface area contributed by atoms with Gasteiger partial charge in [-0.3, -0.25) is 0 Å². The number of hydrogen-bond acceptors (Lipinski definition) is 5. The van der Waals surface area contributed by atoms with Crippen LogP contribution in [0.15, 0.2) is 65.0 Å². The van der Waals surface area contributed by atoms with Crippen molar-refractivity contribution in [3.63, 3.8) is 0 Å². The van der Waals surface area contributed by atoms with Crippen molar-refractivity contribution >= 4 is 11.8 Å². The highest BCUT2D eigenvalue weighted by Gasteiger charge is 2.21. The highest BCUT2D eigenvalue weighted by atomic mass is 32.2. The van der Waals surface area contributed by atoms with Gasteiger partial charge in [-0.05, 0) is 42.3 Å². The van der Waals surface area contributed by atoms with Gasteiger partial charge in [0.15, 0.2) is 5.16 Å². The minimum Gasteiger partial charge on any atom is -0.376 e. The van der Waals surface area contributed by atoms with Crippen LogP contribution in [0.2, 0.25) is 0 Å². The molecule has 0 bridgehead atoms. The van der Waals surface area contributed by atoms with Crippen LogP contribution in [-0.2, 0) is 11.3 Å². The lowest BCUT2D eigenvalue weighted by atomic mass is 10.1. The molecule has 4 rings (SSSR count).